The van der Waals surface area contributed by atoms with E-state index in [9.17, 15) is 4.79 Å². The van der Waals surface area contributed by atoms with Gasteiger partial charge in [-0.3, -0.25) is 4.79 Å². The van der Waals surface area contributed by atoms with Crippen LogP contribution in [0, 0.1) is 0 Å². The molecule has 2 nitrogen and oxygen atoms in total. The van der Waals surface area contributed by atoms with Crippen molar-refractivity contribution < 1.29 is 4.79 Å². The lowest BCUT2D eigenvalue weighted by molar-refractivity contribution is 0.0951. The van der Waals surface area contributed by atoms with Crippen LogP contribution in [0.3, 0.4) is 0 Å². The summed E-state index contributed by atoms with van der Waals surface area (Å²) in [6, 6.07) is 13.8. The molecule has 0 unspecified atom stereocenters. The predicted octanol–water partition coefficient (Wildman–Crippen LogP) is 5.36. The molecule has 0 aliphatic heterocycles. The van der Waals surface area contributed by atoms with Crippen molar-refractivity contribution in [2.75, 3.05) is 0 Å². The summed E-state index contributed by atoms with van der Waals surface area (Å²) in [5.74, 6) is -0.0515. The van der Waals surface area contributed by atoms with Gasteiger partial charge < -0.3 is 5.32 Å². The fraction of sp³-hybridized carbons (Fsp3) is 0.0625. The van der Waals surface area contributed by atoms with Gasteiger partial charge in [0.05, 0.1) is 6.54 Å². The van der Waals surface area contributed by atoms with E-state index in [4.69, 9.17) is 0 Å². The highest BCUT2D eigenvalue weighted by molar-refractivity contribution is 9.10. The van der Waals surface area contributed by atoms with E-state index in [1.165, 1.54) is 0 Å². The first-order valence-electron chi connectivity index (χ1n) is 6.32. The van der Waals surface area contributed by atoms with Gasteiger partial charge in [0.2, 0.25) is 0 Å². The maximum atomic E-state index is 12.2. The second kappa shape index (κ2) is 6.30. The van der Waals surface area contributed by atoms with Gasteiger partial charge in [0.15, 0.2) is 0 Å². The highest BCUT2D eigenvalue weighted by Gasteiger charge is 2.07. The number of rotatable bonds is 3. The van der Waals surface area contributed by atoms with E-state index in [1.807, 2.05) is 47.8 Å². The van der Waals surface area contributed by atoms with Gasteiger partial charge >= 0.3 is 0 Å². The molecule has 0 atom stereocenters. The molecule has 0 saturated carbocycles. The number of halogens is 2. The van der Waals surface area contributed by atoms with Gasteiger partial charge in [-0.05, 0) is 57.0 Å². The molecule has 0 aliphatic rings. The molecule has 0 saturated heterocycles. The van der Waals surface area contributed by atoms with Crippen molar-refractivity contribution in [1.29, 1.82) is 0 Å². The van der Waals surface area contributed by atoms with Crippen molar-refractivity contribution >= 4 is 59.9 Å². The van der Waals surface area contributed by atoms with Crippen molar-refractivity contribution in [3.05, 3.63) is 67.2 Å². The van der Waals surface area contributed by atoms with Gasteiger partial charge in [0.1, 0.15) is 0 Å². The Bertz CT molecular complexity index is 813. The Morgan fingerprint density at radius 3 is 2.52 bits per heavy atom. The third-order valence-corrected chi connectivity index (χ3v) is 5.30. The predicted molar refractivity (Wildman–Crippen MR) is 94.8 cm³/mol. The quantitative estimate of drug-likeness (QED) is 0.602. The molecule has 1 heterocycles. The maximum absolute atomic E-state index is 12.2. The molecule has 0 fully saturated rings. The second-order valence-electron chi connectivity index (χ2n) is 4.62. The van der Waals surface area contributed by atoms with Crippen LogP contribution in [-0.4, -0.2) is 5.91 Å². The molecule has 0 aliphatic carbocycles. The van der Waals surface area contributed by atoms with E-state index in [1.54, 1.807) is 11.3 Å². The monoisotopic (exact) mass is 423 g/mol. The van der Waals surface area contributed by atoms with Crippen molar-refractivity contribution in [3.63, 3.8) is 0 Å². The number of carbonyl (C=O) groups is 1. The molecule has 106 valence electrons. The Morgan fingerprint density at radius 2 is 1.76 bits per heavy atom. The molecule has 2 aromatic carbocycles. The van der Waals surface area contributed by atoms with Crippen LogP contribution in [0.4, 0.5) is 0 Å². The van der Waals surface area contributed by atoms with E-state index in [2.05, 4.69) is 37.2 Å². The maximum Gasteiger partial charge on any atom is 0.251 e. The first kappa shape index (κ1) is 14.8. The Labute approximate surface area is 143 Å². The standard InChI is InChI=1S/C16H11Br2NOS/c17-13-4-3-10-5-12(2-1-11(10)6-13)16(20)19-8-15-7-14(18)9-21-15/h1-7,9H,8H2,(H,19,20). The summed E-state index contributed by atoms with van der Waals surface area (Å²) >= 11 is 8.49. The van der Waals surface area contributed by atoms with E-state index in [-0.39, 0.29) is 5.91 Å². The number of hydrogen-bond donors (Lipinski definition) is 1. The summed E-state index contributed by atoms with van der Waals surface area (Å²) in [6.45, 7) is 0.549. The largest absolute Gasteiger partial charge is 0.347 e. The van der Waals surface area contributed by atoms with Crippen LogP contribution in [-0.2, 0) is 6.54 Å². The SMILES string of the molecule is O=C(NCc1cc(Br)cs1)c1ccc2cc(Br)ccc2c1. The van der Waals surface area contributed by atoms with Gasteiger partial charge in [-0.15, -0.1) is 11.3 Å². The van der Waals surface area contributed by atoms with Crippen molar-refractivity contribution in [2.24, 2.45) is 0 Å². The number of carbonyl (C=O) groups excluding carboxylic acids is 1. The molecule has 0 bridgehead atoms. The molecule has 3 aromatic rings. The number of thiophene rings is 1. The number of hydrogen-bond acceptors (Lipinski definition) is 2. The Morgan fingerprint density at radius 1 is 1.00 bits per heavy atom. The summed E-state index contributed by atoms with van der Waals surface area (Å²) in [7, 11) is 0. The van der Waals surface area contributed by atoms with Gasteiger partial charge in [-0.1, -0.05) is 28.1 Å². The minimum absolute atomic E-state index is 0.0515. The van der Waals surface area contributed by atoms with Crippen LogP contribution >= 0.6 is 43.2 Å². The first-order chi connectivity index (χ1) is 10.1. The highest BCUT2D eigenvalue weighted by atomic mass is 79.9. The molecule has 1 amide bonds. The molecular weight excluding hydrogens is 414 g/mol. The Hall–Kier alpha value is -1.17. The zero-order valence-corrected chi connectivity index (χ0v) is 14.9. The zero-order valence-electron chi connectivity index (χ0n) is 10.9. The number of fused-ring (bicyclic) bond motifs is 1. The molecule has 5 heteroatoms. The van der Waals surface area contributed by atoms with Gasteiger partial charge in [0, 0.05) is 24.8 Å². The summed E-state index contributed by atoms with van der Waals surface area (Å²) in [5.41, 5.74) is 0.681. The average Bonchev–Trinajstić information content (AvgIpc) is 2.90. The van der Waals surface area contributed by atoms with Crippen LogP contribution in [0.5, 0.6) is 0 Å². The molecule has 3 rings (SSSR count). The van der Waals surface area contributed by atoms with Crippen molar-refractivity contribution in [2.45, 2.75) is 6.54 Å². The fourth-order valence-electron chi connectivity index (χ4n) is 2.07. The summed E-state index contributed by atoms with van der Waals surface area (Å²) in [6.07, 6.45) is 0. The third kappa shape index (κ3) is 3.54. The third-order valence-electron chi connectivity index (χ3n) is 3.11. The smallest absolute Gasteiger partial charge is 0.251 e. The van der Waals surface area contributed by atoms with Crippen LogP contribution < -0.4 is 5.32 Å². The lowest BCUT2D eigenvalue weighted by Gasteiger charge is -2.05. The molecule has 0 spiro atoms. The van der Waals surface area contributed by atoms with Crippen LogP contribution in [0.1, 0.15) is 15.2 Å². The van der Waals surface area contributed by atoms with Crippen molar-refractivity contribution in [1.82, 2.24) is 5.32 Å². The summed E-state index contributed by atoms with van der Waals surface area (Å²) in [5, 5.41) is 7.13. The summed E-state index contributed by atoms with van der Waals surface area (Å²) in [4.78, 5) is 13.3. The van der Waals surface area contributed by atoms with Crippen molar-refractivity contribution in [3.8, 4) is 0 Å². The average molecular weight is 425 g/mol. The van der Waals surface area contributed by atoms with E-state index in [0.717, 1.165) is 24.6 Å². The Kier molecular flexibility index (Phi) is 4.42. The Balaban J connectivity index is 1.76. The minimum Gasteiger partial charge on any atom is -0.347 e. The van der Waals surface area contributed by atoms with Crippen LogP contribution in [0.2, 0.25) is 0 Å². The highest BCUT2D eigenvalue weighted by Crippen LogP contribution is 2.22. The van der Waals surface area contributed by atoms with E-state index < -0.39 is 0 Å². The van der Waals surface area contributed by atoms with Gasteiger partial charge in [-0.25, -0.2) is 0 Å². The molecule has 21 heavy (non-hydrogen) atoms. The number of benzene rings is 2. The minimum atomic E-state index is -0.0515. The summed E-state index contributed by atoms with van der Waals surface area (Å²) < 4.78 is 2.09. The molecule has 1 N–H and O–H groups in total. The van der Waals surface area contributed by atoms with Crippen LogP contribution in [0.15, 0.2) is 56.8 Å². The zero-order chi connectivity index (χ0) is 14.8. The van der Waals surface area contributed by atoms with E-state index >= 15 is 0 Å². The van der Waals surface area contributed by atoms with Gasteiger partial charge in [0.25, 0.3) is 5.91 Å². The molecular formula is C16H11Br2NOS. The number of nitrogens with one attached hydrogen (secondary N) is 1. The normalized spacial score (nSPS) is 10.8. The van der Waals surface area contributed by atoms with Crippen LogP contribution in [0.25, 0.3) is 10.8 Å². The number of amides is 1. The molecule has 1 aromatic heterocycles. The lowest BCUT2D eigenvalue weighted by Crippen LogP contribution is -2.22. The fourth-order valence-corrected chi connectivity index (χ4v) is 3.84. The van der Waals surface area contributed by atoms with Gasteiger partial charge in [-0.2, -0.15) is 0 Å². The second-order valence-corrected chi connectivity index (χ2v) is 7.45. The topological polar surface area (TPSA) is 29.1 Å². The van der Waals surface area contributed by atoms with E-state index in [0.29, 0.717) is 12.1 Å². The molecule has 0 radical (unpaired) electrons. The first-order valence-corrected chi connectivity index (χ1v) is 8.79. The lowest BCUT2D eigenvalue weighted by atomic mass is 10.1.